The van der Waals surface area contributed by atoms with Gasteiger partial charge in [-0.25, -0.2) is 15.0 Å². The van der Waals surface area contributed by atoms with E-state index < -0.39 is 0 Å². The maximum absolute atomic E-state index is 6.14. The van der Waals surface area contributed by atoms with Crippen LogP contribution in [-0.4, -0.2) is 26.3 Å². The van der Waals surface area contributed by atoms with Crippen LogP contribution in [0.2, 0.25) is 0 Å². The number of hydrogen-bond acceptors (Lipinski definition) is 6. The van der Waals surface area contributed by atoms with Crippen molar-refractivity contribution in [3.63, 3.8) is 0 Å². The minimum absolute atomic E-state index is 0.154. The van der Waals surface area contributed by atoms with E-state index in [-0.39, 0.29) is 5.60 Å². The molecular formula is C20H25N3OS2. The topological polar surface area (TPSA) is 47.9 Å². The van der Waals surface area contributed by atoms with Gasteiger partial charge in [-0.05, 0) is 37.5 Å². The SMILES string of the molecule is CCSc1ncnc2c1sc1nc(CC(C)C)c3c(c12)CC(C)(C)OC3. The molecule has 0 bridgehead atoms. The first-order valence-corrected chi connectivity index (χ1v) is 11.0. The number of ether oxygens (including phenoxy) is 1. The molecule has 0 saturated carbocycles. The van der Waals surface area contributed by atoms with E-state index in [4.69, 9.17) is 9.72 Å². The van der Waals surface area contributed by atoms with Crippen molar-refractivity contribution in [3.05, 3.63) is 23.1 Å². The van der Waals surface area contributed by atoms with Crippen LogP contribution in [0.3, 0.4) is 0 Å². The van der Waals surface area contributed by atoms with Gasteiger partial charge in [-0.2, -0.15) is 0 Å². The Kier molecular flexibility index (Phi) is 4.70. The molecule has 0 atom stereocenters. The molecule has 0 radical (unpaired) electrons. The summed E-state index contributed by atoms with van der Waals surface area (Å²) in [5.41, 5.74) is 4.78. The van der Waals surface area contributed by atoms with Crippen molar-refractivity contribution in [3.8, 4) is 0 Å². The molecule has 0 unspecified atom stereocenters. The molecule has 1 aliphatic heterocycles. The van der Waals surface area contributed by atoms with E-state index in [0.29, 0.717) is 12.5 Å². The van der Waals surface area contributed by atoms with Crippen LogP contribution in [0.1, 0.15) is 51.4 Å². The van der Waals surface area contributed by atoms with Crippen LogP contribution in [0.5, 0.6) is 0 Å². The van der Waals surface area contributed by atoms with Crippen molar-refractivity contribution in [2.75, 3.05) is 5.75 Å². The van der Waals surface area contributed by atoms with Gasteiger partial charge in [0, 0.05) is 23.1 Å². The summed E-state index contributed by atoms with van der Waals surface area (Å²) >= 11 is 3.52. The van der Waals surface area contributed by atoms with E-state index in [0.717, 1.165) is 34.0 Å². The summed E-state index contributed by atoms with van der Waals surface area (Å²) in [5, 5.41) is 2.30. The van der Waals surface area contributed by atoms with Gasteiger partial charge < -0.3 is 4.74 Å². The summed E-state index contributed by atoms with van der Waals surface area (Å²) in [4.78, 5) is 15.4. The Morgan fingerprint density at radius 2 is 2.08 bits per heavy atom. The number of thioether (sulfide) groups is 1. The number of rotatable bonds is 4. The van der Waals surface area contributed by atoms with Gasteiger partial charge in [0.25, 0.3) is 0 Å². The summed E-state index contributed by atoms with van der Waals surface area (Å²) in [6, 6.07) is 0. The number of aromatic nitrogens is 3. The zero-order valence-corrected chi connectivity index (χ0v) is 17.7. The standard InChI is InChI=1S/C20H25N3OS2/c1-6-25-19-17-16(21-10-22-19)15-12-8-20(4,5)24-9-13(12)14(7-11(2)3)23-18(15)26-17/h10-11H,6-9H2,1-5H3. The predicted molar refractivity (Wildman–Crippen MR) is 110 cm³/mol. The van der Waals surface area contributed by atoms with Crippen molar-refractivity contribution in [1.29, 1.82) is 0 Å². The second-order valence-corrected chi connectivity index (χ2v) is 10.2. The first-order valence-electron chi connectivity index (χ1n) is 9.24. The van der Waals surface area contributed by atoms with E-state index in [1.165, 1.54) is 26.9 Å². The van der Waals surface area contributed by atoms with Gasteiger partial charge in [-0.3, -0.25) is 0 Å². The van der Waals surface area contributed by atoms with Crippen molar-refractivity contribution in [2.45, 2.75) is 64.7 Å². The fourth-order valence-corrected chi connectivity index (χ4v) is 5.63. The van der Waals surface area contributed by atoms with E-state index in [1.807, 2.05) is 0 Å². The summed E-state index contributed by atoms with van der Waals surface area (Å²) in [6.07, 6.45) is 3.59. The molecule has 0 spiro atoms. The Hall–Kier alpha value is -1.24. The number of fused-ring (bicyclic) bond motifs is 5. The van der Waals surface area contributed by atoms with Gasteiger partial charge in [0.05, 0.1) is 22.4 Å². The molecule has 0 saturated heterocycles. The molecule has 4 nitrogen and oxygen atoms in total. The molecule has 138 valence electrons. The highest BCUT2D eigenvalue weighted by Gasteiger charge is 2.31. The van der Waals surface area contributed by atoms with E-state index in [1.54, 1.807) is 29.4 Å². The minimum Gasteiger partial charge on any atom is -0.370 e. The first kappa shape index (κ1) is 18.1. The van der Waals surface area contributed by atoms with Gasteiger partial charge in [0.2, 0.25) is 0 Å². The Morgan fingerprint density at radius 1 is 1.27 bits per heavy atom. The second-order valence-electron chi connectivity index (χ2n) is 7.91. The van der Waals surface area contributed by atoms with E-state index in [2.05, 4.69) is 44.6 Å². The molecule has 3 aromatic rings. The number of pyridine rings is 1. The third-order valence-corrected chi connectivity index (χ3v) is 6.84. The average Bonchev–Trinajstić information content (AvgIpc) is 2.93. The smallest absolute Gasteiger partial charge is 0.126 e. The summed E-state index contributed by atoms with van der Waals surface area (Å²) in [7, 11) is 0. The van der Waals surface area contributed by atoms with Crippen LogP contribution in [0.4, 0.5) is 0 Å². The second kappa shape index (κ2) is 6.73. The summed E-state index contributed by atoms with van der Waals surface area (Å²) in [5.74, 6) is 1.57. The first-order chi connectivity index (χ1) is 12.4. The molecular weight excluding hydrogens is 362 g/mol. The molecule has 0 aromatic carbocycles. The lowest BCUT2D eigenvalue weighted by molar-refractivity contribution is -0.0402. The highest BCUT2D eigenvalue weighted by molar-refractivity contribution is 7.99. The largest absolute Gasteiger partial charge is 0.370 e. The highest BCUT2D eigenvalue weighted by atomic mass is 32.2. The number of hydrogen-bond donors (Lipinski definition) is 0. The average molecular weight is 388 g/mol. The van der Waals surface area contributed by atoms with Gasteiger partial charge in [-0.15, -0.1) is 23.1 Å². The Balaban J connectivity index is 2.04. The van der Waals surface area contributed by atoms with Gasteiger partial charge in [0.15, 0.2) is 0 Å². The fourth-order valence-electron chi connectivity index (χ4n) is 3.65. The molecule has 4 rings (SSSR count). The van der Waals surface area contributed by atoms with Crippen molar-refractivity contribution < 1.29 is 4.74 Å². The quantitative estimate of drug-likeness (QED) is 0.443. The van der Waals surface area contributed by atoms with Crippen LogP contribution < -0.4 is 0 Å². The Morgan fingerprint density at radius 3 is 2.81 bits per heavy atom. The molecule has 1 aliphatic rings. The lowest BCUT2D eigenvalue weighted by Gasteiger charge is -2.33. The maximum atomic E-state index is 6.14. The maximum Gasteiger partial charge on any atom is 0.126 e. The molecule has 3 aromatic heterocycles. The Labute approximate surface area is 162 Å². The molecule has 0 fully saturated rings. The van der Waals surface area contributed by atoms with Crippen LogP contribution in [0.25, 0.3) is 20.4 Å². The highest BCUT2D eigenvalue weighted by Crippen LogP contribution is 2.42. The molecule has 0 N–H and O–H groups in total. The Bertz CT molecular complexity index is 978. The normalized spacial score (nSPS) is 16.5. The number of nitrogens with zero attached hydrogens (tertiary/aromatic N) is 3. The van der Waals surface area contributed by atoms with Crippen LogP contribution in [0, 0.1) is 5.92 Å². The number of thiophene rings is 1. The van der Waals surface area contributed by atoms with Crippen molar-refractivity contribution in [1.82, 2.24) is 15.0 Å². The minimum atomic E-state index is -0.154. The molecule has 26 heavy (non-hydrogen) atoms. The van der Waals surface area contributed by atoms with Crippen molar-refractivity contribution in [2.24, 2.45) is 5.92 Å². The van der Waals surface area contributed by atoms with E-state index in [9.17, 15) is 0 Å². The van der Waals surface area contributed by atoms with Crippen LogP contribution >= 0.6 is 23.1 Å². The van der Waals surface area contributed by atoms with E-state index >= 15 is 0 Å². The van der Waals surface area contributed by atoms with Gasteiger partial charge in [-0.1, -0.05) is 20.8 Å². The lowest BCUT2D eigenvalue weighted by Crippen LogP contribution is -2.33. The summed E-state index contributed by atoms with van der Waals surface area (Å²) < 4.78 is 7.32. The third kappa shape index (κ3) is 3.12. The monoisotopic (exact) mass is 387 g/mol. The fraction of sp³-hybridized carbons (Fsp3) is 0.550. The summed E-state index contributed by atoms with van der Waals surface area (Å²) in [6.45, 7) is 11.6. The third-order valence-electron chi connectivity index (χ3n) is 4.76. The lowest BCUT2D eigenvalue weighted by atomic mass is 9.88. The van der Waals surface area contributed by atoms with Gasteiger partial charge in [0.1, 0.15) is 16.2 Å². The van der Waals surface area contributed by atoms with Crippen LogP contribution in [0.15, 0.2) is 11.4 Å². The molecule has 0 aliphatic carbocycles. The predicted octanol–water partition coefficient (Wildman–Crippen LogP) is 5.40. The van der Waals surface area contributed by atoms with Crippen molar-refractivity contribution >= 4 is 43.5 Å². The molecule has 4 heterocycles. The zero-order valence-electron chi connectivity index (χ0n) is 16.0. The molecule has 6 heteroatoms. The molecule has 0 amide bonds. The zero-order chi connectivity index (χ0) is 18.5. The van der Waals surface area contributed by atoms with Crippen LogP contribution in [-0.2, 0) is 24.2 Å². The van der Waals surface area contributed by atoms with Gasteiger partial charge >= 0.3 is 0 Å².